The van der Waals surface area contributed by atoms with Gasteiger partial charge in [-0.2, -0.15) is 0 Å². The summed E-state index contributed by atoms with van der Waals surface area (Å²) in [6, 6.07) is 5.46. The maximum atomic E-state index is 9.28. The summed E-state index contributed by atoms with van der Waals surface area (Å²) < 4.78 is 11.2. The van der Waals surface area contributed by atoms with Crippen LogP contribution >= 0.6 is 23.2 Å². The van der Waals surface area contributed by atoms with Gasteiger partial charge in [-0.15, -0.1) is 0 Å². The highest BCUT2D eigenvalue weighted by Crippen LogP contribution is 2.26. The second kappa shape index (κ2) is 8.19. The lowest BCUT2D eigenvalue weighted by Gasteiger charge is -2.37. The lowest BCUT2D eigenvalue weighted by atomic mass is 10.2. The molecule has 134 valence electrons. The fraction of sp³-hybridized carbons (Fsp3) is 0.412. The molecule has 1 saturated heterocycles. The molecule has 0 bridgehead atoms. The zero-order chi connectivity index (χ0) is 17.8. The summed E-state index contributed by atoms with van der Waals surface area (Å²) in [4.78, 5) is 10.7. The average molecular weight is 384 g/mol. The van der Waals surface area contributed by atoms with Crippen LogP contribution in [0.3, 0.4) is 0 Å². The summed E-state index contributed by atoms with van der Waals surface area (Å²) in [6.07, 6.45) is 3.00. The van der Waals surface area contributed by atoms with E-state index in [0.29, 0.717) is 34.9 Å². The SMILES string of the molecule is C[C@H]1CO[C@@H](CO)CN1c1ncc(OCc2c(Cl)cccc2Cl)cn1. The van der Waals surface area contributed by atoms with Gasteiger partial charge in [0.1, 0.15) is 6.61 Å². The highest BCUT2D eigenvalue weighted by Gasteiger charge is 2.27. The molecule has 2 atom stereocenters. The molecule has 1 aliphatic heterocycles. The van der Waals surface area contributed by atoms with Crippen molar-refractivity contribution in [2.24, 2.45) is 0 Å². The molecule has 6 nitrogen and oxygen atoms in total. The van der Waals surface area contributed by atoms with Crippen LogP contribution in [-0.2, 0) is 11.3 Å². The van der Waals surface area contributed by atoms with Crippen molar-refractivity contribution in [2.45, 2.75) is 25.7 Å². The van der Waals surface area contributed by atoms with Crippen molar-refractivity contribution in [1.29, 1.82) is 0 Å². The van der Waals surface area contributed by atoms with Gasteiger partial charge in [-0.05, 0) is 19.1 Å². The van der Waals surface area contributed by atoms with Crippen molar-refractivity contribution >= 4 is 29.2 Å². The van der Waals surface area contributed by atoms with Crippen LogP contribution in [0.4, 0.5) is 5.95 Å². The van der Waals surface area contributed by atoms with Gasteiger partial charge < -0.3 is 19.5 Å². The minimum atomic E-state index is -0.224. The number of morpholine rings is 1. The van der Waals surface area contributed by atoms with Crippen LogP contribution in [0.25, 0.3) is 0 Å². The molecular weight excluding hydrogens is 365 g/mol. The third kappa shape index (κ3) is 4.33. The Hall–Kier alpha value is -1.60. The third-order valence-electron chi connectivity index (χ3n) is 4.03. The Morgan fingerprint density at radius 2 is 1.96 bits per heavy atom. The largest absolute Gasteiger partial charge is 0.486 e. The quantitative estimate of drug-likeness (QED) is 0.855. The number of hydrogen-bond donors (Lipinski definition) is 1. The first-order valence-corrected chi connectivity index (χ1v) is 8.71. The van der Waals surface area contributed by atoms with E-state index in [1.807, 2.05) is 11.8 Å². The van der Waals surface area contributed by atoms with E-state index < -0.39 is 0 Å². The van der Waals surface area contributed by atoms with Gasteiger partial charge in [0.15, 0.2) is 5.75 Å². The zero-order valence-electron chi connectivity index (χ0n) is 13.7. The van der Waals surface area contributed by atoms with Gasteiger partial charge in [-0.3, -0.25) is 0 Å². The number of aromatic nitrogens is 2. The molecule has 25 heavy (non-hydrogen) atoms. The summed E-state index contributed by atoms with van der Waals surface area (Å²) in [5.41, 5.74) is 0.725. The standard InChI is InChI=1S/C17H19Cl2N3O3/c1-11-9-24-13(8-23)7-22(11)17-20-5-12(6-21-17)25-10-14-15(18)3-2-4-16(14)19/h2-6,11,13,23H,7-10H2,1H3/t11-,13+/m0/s1. The summed E-state index contributed by atoms with van der Waals surface area (Å²) in [5, 5.41) is 10.4. The lowest BCUT2D eigenvalue weighted by molar-refractivity contribution is -0.0108. The first kappa shape index (κ1) is 18.2. The van der Waals surface area contributed by atoms with Crippen molar-refractivity contribution in [3.8, 4) is 5.75 Å². The van der Waals surface area contributed by atoms with Crippen LogP contribution in [-0.4, -0.2) is 47.0 Å². The van der Waals surface area contributed by atoms with Crippen LogP contribution in [0.1, 0.15) is 12.5 Å². The average Bonchev–Trinajstić information content (AvgIpc) is 2.62. The van der Waals surface area contributed by atoms with Gasteiger partial charge in [0.2, 0.25) is 5.95 Å². The van der Waals surface area contributed by atoms with Crippen LogP contribution in [0.2, 0.25) is 10.0 Å². The van der Waals surface area contributed by atoms with Crippen molar-refractivity contribution in [1.82, 2.24) is 9.97 Å². The molecule has 1 aromatic heterocycles. The minimum Gasteiger partial charge on any atom is -0.486 e. The van der Waals surface area contributed by atoms with Gasteiger partial charge in [0, 0.05) is 22.2 Å². The monoisotopic (exact) mass is 383 g/mol. The lowest BCUT2D eigenvalue weighted by Crippen LogP contribution is -2.50. The Labute approximate surface area is 156 Å². The Morgan fingerprint density at radius 3 is 2.60 bits per heavy atom. The van der Waals surface area contributed by atoms with Crippen LogP contribution in [0, 0.1) is 0 Å². The van der Waals surface area contributed by atoms with E-state index in [2.05, 4.69) is 9.97 Å². The molecule has 3 rings (SSSR count). The molecule has 0 spiro atoms. The number of rotatable bonds is 5. The number of anilines is 1. The number of nitrogens with zero attached hydrogens (tertiary/aromatic N) is 3. The number of hydrogen-bond acceptors (Lipinski definition) is 6. The Balaban J connectivity index is 1.66. The first-order valence-electron chi connectivity index (χ1n) is 7.95. The smallest absolute Gasteiger partial charge is 0.225 e. The molecule has 0 saturated carbocycles. The fourth-order valence-electron chi connectivity index (χ4n) is 2.56. The predicted octanol–water partition coefficient (Wildman–Crippen LogP) is 2.95. The molecule has 1 aromatic carbocycles. The van der Waals surface area contributed by atoms with E-state index in [0.717, 1.165) is 5.56 Å². The summed E-state index contributed by atoms with van der Waals surface area (Å²) in [5.74, 6) is 1.11. The highest BCUT2D eigenvalue weighted by molar-refractivity contribution is 6.35. The molecule has 2 aromatic rings. The number of aliphatic hydroxyl groups is 1. The van der Waals surface area contributed by atoms with Gasteiger partial charge >= 0.3 is 0 Å². The van der Waals surface area contributed by atoms with Crippen molar-refractivity contribution in [3.63, 3.8) is 0 Å². The second-order valence-electron chi connectivity index (χ2n) is 5.85. The van der Waals surface area contributed by atoms with E-state index in [9.17, 15) is 5.11 Å². The predicted molar refractivity (Wildman–Crippen MR) is 96.5 cm³/mol. The maximum Gasteiger partial charge on any atom is 0.225 e. The number of aliphatic hydroxyl groups excluding tert-OH is 1. The normalized spacial score (nSPS) is 20.6. The zero-order valence-corrected chi connectivity index (χ0v) is 15.2. The van der Waals surface area contributed by atoms with Gasteiger partial charge in [0.25, 0.3) is 0 Å². The van der Waals surface area contributed by atoms with Gasteiger partial charge in [-0.1, -0.05) is 29.3 Å². The first-order chi connectivity index (χ1) is 12.1. The number of benzene rings is 1. The molecule has 0 aliphatic carbocycles. The van der Waals surface area contributed by atoms with E-state index in [1.54, 1.807) is 30.6 Å². The minimum absolute atomic E-state index is 0.0248. The molecule has 1 N–H and O–H groups in total. The molecule has 0 amide bonds. The molecule has 0 unspecified atom stereocenters. The van der Waals surface area contributed by atoms with Gasteiger partial charge in [0.05, 0.1) is 37.8 Å². The topological polar surface area (TPSA) is 67.7 Å². The van der Waals surface area contributed by atoms with E-state index in [-0.39, 0.29) is 25.4 Å². The summed E-state index contributed by atoms with van der Waals surface area (Å²) >= 11 is 12.3. The van der Waals surface area contributed by atoms with E-state index in [1.165, 1.54) is 0 Å². The summed E-state index contributed by atoms with van der Waals surface area (Å²) in [7, 11) is 0. The van der Waals surface area contributed by atoms with Crippen molar-refractivity contribution in [3.05, 3.63) is 46.2 Å². The highest BCUT2D eigenvalue weighted by atomic mass is 35.5. The number of halogens is 2. The third-order valence-corrected chi connectivity index (χ3v) is 4.73. The molecular formula is C17H19Cl2N3O3. The molecule has 8 heteroatoms. The van der Waals surface area contributed by atoms with Crippen molar-refractivity contribution < 1.29 is 14.6 Å². The van der Waals surface area contributed by atoms with Crippen LogP contribution < -0.4 is 9.64 Å². The molecule has 2 heterocycles. The van der Waals surface area contributed by atoms with E-state index >= 15 is 0 Å². The number of ether oxygens (including phenoxy) is 2. The maximum absolute atomic E-state index is 9.28. The molecule has 0 radical (unpaired) electrons. The Bertz CT molecular complexity index is 695. The van der Waals surface area contributed by atoms with E-state index in [4.69, 9.17) is 32.7 Å². The molecule has 1 fully saturated rings. The second-order valence-corrected chi connectivity index (χ2v) is 6.66. The molecule has 1 aliphatic rings. The Morgan fingerprint density at radius 1 is 1.28 bits per heavy atom. The van der Waals surface area contributed by atoms with Crippen molar-refractivity contribution in [2.75, 3.05) is 24.7 Å². The fourth-order valence-corrected chi connectivity index (χ4v) is 3.07. The Kier molecular flexibility index (Phi) is 5.96. The van der Waals surface area contributed by atoms with Crippen LogP contribution in [0.15, 0.2) is 30.6 Å². The summed E-state index contributed by atoms with van der Waals surface area (Å²) in [6.45, 7) is 3.32. The van der Waals surface area contributed by atoms with Crippen LogP contribution in [0.5, 0.6) is 5.75 Å². The van der Waals surface area contributed by atoms with Gasteiger partial charge in [-0.25, -0.2) is 9.97 Å².